The van der Waals surface area contributed by atoms with Gasteiger partial charge in [0.1, 0.15) is 5.58 Å². The molecule has 124 valence electrons. The highest BCUT2D eigenvalue weighted by molar-refractivity contribution is 9.11. The van der Waals surface area contributed by atoms with Gasteiger partial charge in [-0.2, -0.15) is 0 Å². The van der Waals surface area contributed by atoms with E-state index < -0.39 is 11.6 Å². The predicted molar refractivity (Wildman–Crippen MR) is 102 cm³/mol. The topological polar surface area (TPSA) is 56.5 Å². The molecule has 0 amide bonds. The molecule has 0 radical (unpaired) electrons. The van der Waals surface area contributed by atoms with Crippen LogP contribution in [-0.2, 0) is 4.74 Å². The Morgan fingerprint density at radius 1 is 1.16 bits per heavy atom. The first-order valence-corrected chi connectivity index (χ1v) is 8.72. The van der Waals surface area contributed by atoms with Gasteiger partial charge in [-0.25, -0.2) is 9.59 Å². The molecule has 3 rings (SSSR count). The van der Waals surface area contributed by atoms with Crippen molar-refractivity contribution in [3.05, 3.63) is 67.4 Å². The molecule has 0 aliphatic heterocycles. The molecule has 1 aromatic heterocycles. The second-order valence-corrected chi connectivity index (χ2v) is 6.79. The van der Waals surface area contributed by atoms with Gasteiger partial charge in [0.15, 0.2) is 6.61 Å². The summed E-state index contributed by atoms with van der Waals surface area (Å²) in [5.74, 6) is 1.69. The Morgan fingerprint density at radius 2 is 1.84 bits per heavy atom. The van der Waals surface area contributed by atoms with Crippen LogP contribution in [-0.4, -0.2) is 12.6 Å². The van der Waals surface area contributed by atoms with E-state index in [9.17, 15) is 9.59 Å². The van der Waals surface area contributed by atoms with Crippen molar-refractivity contribution in [2.45, 2.75) is 0 Å². The van der Waals surface area contributed by atoms with Crippen LogP contribution in [0.15, 0.2) is 60.6 Å². The SMILES string of the molecule is C#CCOC(=O)c1cc(Br)c(-c2cc3ccccc3oc2=O)c(Br)c1. The maximum Gasteiger partial charge on any atom is 0.344 e. The maximum atomic E-state index is 12.4. The lowest BCUT2D eigenvalue weighted by molar-refractivity contribution is 0.0556. The number of halogens is 2. The summed E-state index contributed by atoms with van der Waals surface area (Å²) in [4.78, 5) is 24.3. The monoisotopic (exact) mass is 460 g/mol. The predicted octanol–water partition coefficient (Wildman–Crippen LogP) is 4.78. The second kappa shape index (κ2) is 7.26. The van der Waals surface area contributed by atoms with Crippen LogP contribution in [0.25, 0.3) is 22.1 Å². The van der Waals surface area contributed by atoms with Crippen molar-refractivity contribution in [2.24, 2.45) is 0 Å². The smallest absolute Gasteiger partial charge is 0.344 e. The van der Waals surface area contributed by atoms with E-state index in [0.29, 0.717) is 31.2 Å². The third-order valence-electron chi connectivity index (χ3n) is 3.48. The molecule has 0 fully saturated rings. The van der Waals surface area contributed by atoms with Crippen LogP contribution in [0, 0.1) is 12.3 Å². The van der Waals surface area contributed by atoms with Gasteiger partial charge in [-0.3, -0.25) is 0 Å². The third kappa shape index (κ3) is 3.53. The third-order valence-corrected chi connectivity index (χ3v) is 4.73. The fraction of sp³-hybridized carbons (Fsp3) is 0.0526. The highest BCUT2D eigenvalue weighted by atomic mass is 79.9. The lowest BCUT2D eigenvalue weighted by atomic mass is 10.0. The number of ether oxygens (including phenoxy) is 1. The summed E-state index contributed by atoms with van der Waals surface area (Å²) in [6.45, 7) is -0.107. The van der Waals surface area contributed by atoms with E-state index in [1.54, 1.807) is 30.3 Å². The summed E-state index contributed by atoms with van der Waals surface area (Å²) in [5.41, 5.74) is 1.32. The Kier molecular flexibility index (Phi) is 5.07. The molecule has 25 heavy (non-hydrogen) atoms. The molecule has 0 N–H and O–H groups in total. The molecule has 4 nitrogen and oxygen atoms in total. The standard InChI is InChI=1S/C19H10Br2O4/c1-2-7-24-18(22)12-9-14(20)17(15(21)10-12)13-8-11-5-3-4-6-16(11)25-19(13)23/h1,3-6,8-10H,7H2. The zero-order valence-corrected chi connectivity index (χ0v) is 15.9. The number of esters is 1. The minimum atomic E-state index is -0.545. The zero-order chi connectivity index (χ0) is 18.0. The quantitative estimate of drug-likeness (QED) is 0.320. The first-order chi connectivity index (χ1) is 12.0. The Balaban J connectivity index is 2.12. The van der Waals surface area contributed by atoms with E-state index in [-0.39, 0.29) is 6.61 Å². The van der Waals surface area contributed by atoms with Crippen molar-refractivity contribution < 1.29 is 13.9 Å². The molecular weight excluding hydrogens is 452 g/mol. The Bertz CT molecular complexity index is 1050. The molecule has 0 bridgehead atoms. The normalized spacial score (nSPS) is 10.4. The van der Waals surface area contributed by atoms with Crippen molar-refractivity contribution in [3.63, 3.8) is 0 Å². The van der Waals surface area contributed by atoms with E-state index in [4.69, 9.17) is 15.6 Å². The van der Waals surface area contributed by atoms with Crippen LogP contribution in [0.1, 0.15) is 10.4 Å². The number of hydrogen-bond acceptors (Lipinski definition) is 4. The molecule has 0 saturated heterocycles. The number of carbonyl (C=O) groups is 1. The number of terminal acetylenes is 1. The van der Waals surface area contributed by atoms with E-state index in [1.165, 1.54) is 0 Å². The van der Waals surface area contributed by atoms with E-state index in [1.807, 2.05) is 12.1 Å². The van der Waals surface area contributed by atoms with Crippen LogP contribution in [0.3, 0.4) is 0 Å². The maximum absolute atomic E-state index is 12.4. The van der Waals surface area contributed by atoms with Gasteiger partial charge in [-0.1, -0.05) is 56.0 Å². The van der Waals surface area contributed by atoms with Crippen LogP contribution in [0.5, 0.6) is 0 Å². The van der Waals surface area contributed by atoms with Gasteiger partial charge in [-0.15, -0.1) is 6.42 Å². The van der Waals surface area contributed by atoms with Crippen LogP contribution in [0.2, 0.25) is 0 Å². The van der Waals surface area contributed by atoms with Crippen molar-refractivity contribution in [2.75, 3.05) is 6.61 Å². The lowest BCUT2D eigenvalue weighted by Crippen LogP contribution is -2.07. The van der Waals surface area contributed by atoms with E-state index >= 15 is 0 Å². The number of hydrogen-bond donors (Lipinski definition) is 0. The number of fused-ring (bicyclic) bond motifs is 1. The van der Waals surface area contributed by atoms with Gasteiger partial charge >= 0.3 is 11.6 Å². The summed E-state index contributed by atoms with van der Waals surface area (Å²) < 4.78 is 11.4. The molecule has 0 aliphatic rings. The fourth-order valence-corrected chi connectivity index (χ4v) is 3.99. The first-order valence-electron chi connectivity index (χ1n) is 7.14. The molecule has 0 aliphatic carbocycles. The Hall–Kier alpha value is -2.36. The molecule has 0 unspecified atom stereocenters. The van der Waals surface area contributed by atoms with Gasteiger partial charge in [0.2, 0.25) is 0 Å². The Labute approximate surface area is 160 Å². The number of benzene rings is 2. The Morgan fingerprint density at radius 3 is 2.52 bits per heavy atom. The molecule has 0 atom stereocenters. The molecule has 0 spiro atoms. The summed E-state index contributed by atoms with van der Waals surface area (Å²) >= 11 is 6.82. The summed E-state index contributed by atoms with van der Waals surface area (Å²) in [5, 5.41) is 0.799. The van der Waals surface area contributed by atoms with Crippen molar-refractivity contribution in [3.8, 4) is 23.5 Å². The van der Waals surface area contributed by atoms with Gasteiger partial charge in [-0.05, 0) is 24.3 Å². The van der Waals surface area contributed by atoms with Crippen molar-refractivity contribution >= 4 is 48.8 Å². The van der Waals surface area contributed by atoms with Crippen molar-refractivity contribution in [1.29, 1.82) is 0 Å². The lowest BCUT2D eigenvalue weighted by Gasteiger charge is -2.10. The van der Waals surface area contributed by atoms with Crippen LogP contribution in [0.4, 0.5) is 0 Å². The average molecular weight is 462 g/mol. The number of para-hydroxylation sites is 1. The number of carbonyl (C=O) groups excluding carboxylic acids is 1. The average Bonchev–Trinajstić information content (AvgIpc) is 2.59. The molecular formula is C19H10Br2O4. The molecule has 2 aromatic carbocycles. The van der Waals surface area contributed by atoms with Crippen molar-refractivity contribution in [1.82, 2.24) is 0 Å². The van der Waals surface area contributed by atoms with Gasteiger partial charge in [0.25, 0.3) is 0 Å². The second-order valence-electron chi connectivity index (χ2n) is 5.08. The van der Waals surface area contributed by atoms with Crippen LogP contribution >= 0.6 is 31.9 Å². The zero-order valence-electron chi connectivity index (χ0n) is 12.7. The fourth-order valence-electron chi connectivity index (χ4n) is 2.38. The summed E-state index contributed by atoms with van der Waals surface area (Å²) in [6, 6.07) is 12.2. The highest BCUT2D eigenvalue weighted by Crippen LogP contribution is 2.36. The van der Waals surface area contributed by atoms with E-state index in [0.717, 1.165) is 5.39 Å². The minimum absolute atomic E-state index is 0.107. The molecule has 0 saturated carbocycles. The minimum Gasteiger partial charge on any atom is -0.449 e. The van der Waals surface area contributed by atoms with Gasteiger partial charge < -0.3 is 9.15 Å². The number of rotatable bonds is 3. The molecule has 6 heteroatoms. The van der Waals surface area contributed by atoms with E-state index in [2.05, 4.69) is 37.8 Å². The largest absolute Gasteiger partial charge is 0.449 e. The summed E-state index contributed by atoms with van der Waals surface area (Å²) in [7, 11) is 0. The van der Waals surface area contributed by atoms with Gasteiger partial charge in [0.05, 0.1) is 11.1 Å². The van der Waals surface area contributed by atoms with Crippen LogP contribution < -0.4 is 5.63 Å². The first kappa shape index (κ1) is 17.5. The van der Waals surface area contributed by atoms with Gasteiger partial charge in [0, 0.05) is 19.9 Å². The molecule has 3 aromatic rings. The highest BCUT2D eigenvalue weighted by Gasteiger charge is 2.18. The molecule has 1 heterocycles. The summed E-state index contributed by atoms with van der Waals surface area (Å²) in [6.07, 6.45) is 5.09.